The highest BCUT2D eigenvalue weighted by Gasteiger charge is 2.33. The van der Waals surface area contributed by atoms with Crippen molar-refractivity contribution in [1.29, 1.82) is 0 Å². The Hall–Kier alpha value is -1.57. The van der Waals surface area contributed by atoms with Crippen molar-refractivity contribution < 1.29 is 23.1 Å². The smallest absolute Gasteiger partial charge is 0.435 e. The summed E-state index contributed by atoms with van der Waals surface area (Å²) < 4.78 is 37.9. The van der Waals surface area contributed by atoms with Crippen molar-refractivity contribution in [3.05, 3.63) is 18.0 Å². The first-order chi connectivity index (χ1) is 8.20. The van der Waals surface area contributed by atoms with E-state index in [1.54, 1.807) is 13.8 Å². The van der Waals surface area contributed by atoms with Crippen molar-refractivity contribution in [3.63, 3.8) is 0 Å². The molecule has 8 heteroatoms. The van der Waals surface area contributed by atoms with Crippen molar-refractivity contribution in [2.45, 2.75) is 38.7 Å². The lowest BCUT2D eigenvalue weighted by Crippen LogP contribution is -2.43. The summed E-state index contributed by atoms with van der Waals surface area (Å²) in [6.45, 7) is 3.34. The molecule has 0 fully saturated rings. The van der Waals surface area contributed by atoms with Gasteiger partial charge in [-0.1, -0.05) is 13.8 Å². The molecule has 1 heterocycles. The fraction of sp³-hybridized carbons (Fsp3) is 0.600. The van der Waals surface area contributed by atoms with E-state index in [1.807, 2.05) is 0 Å². The number of aliphatic carboxylic acids is 1. The van der Waals surface area contributed by atoms with Gasteiger partial charge in [-0.3, -0.25) is 9.48 Å². The second-order valence-corrected chi connectivity index (χ2v) is 4.13. The van der Waals surface area contributed by atoms with Crippen molar-refractivity contribution in [3.8, 4) is 0 Å². The van der Waals surface area contributed by atoms with Crippen molar-refractivity contribution in [2.24, 2.45) is 0 Å². The normalized spacial score (nSPS) is 13.9. The lowest BCUT2D eigenvalue weighted by Gasteiger charge is -2.17. The predicted octanol–water partition coefficient (Wildman–Crippen LogP) is 1.35. The van der Waals surface area contributed by atoms with E-state index in [4.69, 9.17) is 5.11 Å². The van der Waals surface area contributed by atoms with E-state index < -0.39 is 23.9 Å². The molecule has 0 spiro atoms. The van der Waals surface area contributed by atoms with Gasteiger partial charge in [0.15, 0.2) is 5.69 Å². The second kappa shape index (κ2) is 5.38. The van der Waals surface area contributed by atoms with Crippen LogP contribution in [0.3, 0.4) is 0 Å². The molecule has 102 valence electrons. The quantitative estimate of drug-likeness (QED) is 0.843. The van der Waals surface area contributed by atoms with Gasteiger partial charge in [0.1, 0.15) is 6.04 Å². The molecule has 0 amide bonds. The van der Waals surface area contributed by atoms with Crippen LogP contribution in [-0.2, 0) is 17.5 Å². The number of nitrogens with one attached hydrogen (secondary N) is 1. The van der Waals surface area contributed by atoms with Crippen molar-refractivity contribution in [1.82, 2.24) is 15.1 Å². The number of halogens is 3. The first kappa shape index (κ1) is 14.5. The molecule has 0 saturated carbocycles. The van der Waals surface area contributed by atoms with Gasteiger partial charge >= 0.3 is 12.1 Å². The average Bonchev–Trinajstić information content (AvgIpc) is 2.63. The molecule has 1 rings (SSSR count). The van der Waals surface area contributed by atoms with Crippen LogP contribution in [0.4, 0.5) is 13.2 Å². The van der Waals surface area contributed by atoms with Gasteiger partial charge in [0.05, 0.1) is 6.54 Å². The first-order valence-electron chi connectivity index (χ1n) is 5.29. The van der Waals surface area contributed by atoms with Gasteiger partial charge in [-0.15, -0.1) is 0 Å². The summed E-state index contributed by atoms with van der Waals surface area (Å²) in [7, 11) is 0. The van der Waals surface area contributed by atoms with E-state index in [2.05, 4.69) is 10.4 Å². The SMILES string of the molecule is CC(C)NC(Cn1ccc(C(F)(F)F)n1)C(=O)O. The Morgan fingerprint density at radius 3 is 2.56 bits per heavy atom. The topological polar surface area (TPSA) is 67.2 Å². The molecule has 0 aliphatic rings. The number of alkyl halides is 3. The van der Waals surface area contributed by atoms with Crippen LogP contribution in [0.15, 0.2) is 12.3 Å². The average molecular weight is 265 g/mol. The van der Waals surface area contributed by atoms with E-state index in [-0.39, 0.29) is 12.6 Å². The number of aromatic nitrogens is 2. The summed E-state index contributed by atoms with van der Waals surface area (Å²) >= 11 is 0. The summed E-state index contributed by atoms with van der Waals surface area (Å²) in [5.41, 5.74) is -1.03. The largest absolute Gasteiger partial charge is 0.480 e. The summed E-state index contributed by atoms with van der Waals surface area (Å²) in [6.07, 6.45) is -3.41. The van der Waals surface area contributed by atoms with Crippen LogP contribution in [0.2, 0.25) is 0 Å². The van der Waals surface area contributed by atoms with Crippen LogP contribution in [0.5, 0.6) is 0 Å². The Labute approximate surface area is 102 Å². The summed E-state index contributed by atoms with van der Waals surface area (Å²) in [6, 6.07) is -0.261. The Morgan fingerprint density at radius 2 is 2.17 bits per heavy atom. The molecule has 1 aromatic heterocycles. The number of hydrogen-bond donors (Lipinski definition) is 2. The van der Waals surface area contributed by atoms with E-state index in [0.29, 0.717) is 0 Å². The zero-order chi connectivity index (χ0) is 13.9. The molecule has 1 atom stereocenters. The van der Waals surface area contributed by atoms with Gasteiger partial charge < -0.3 is 10.4 Å². The maximum atomic E-state index is 12.3. The number of hydrogen-bond acceptors (Lipinski definition) is 3. The fourth-order valence-electron chi connectivity index (χ4n) is 1.41. The molecule has 0 radical (unpaired) electrons. The minimum Gasteiger partial charge on any atom is -0.480 e. The van der Waals surface area contributed by atoms with Crippen LogP contribution >= 0.6 is 0 Å². The van der Waals surface area contributed by atoms with Gasteiger partial charge in [-0.25, -0.2) is 0 Å². The Morgan fingerprint density at radius 1 is 1.56 bits per heavy atom. The zero-order valence-corrected chi connectivity index (χ0v) is 9.90. The van der Waals surface area contributed by atoms with E-state index >= 15 is 0 Å². The Kier molecular flexibility index (Phi) is 4.33. The number of rotatable bonds is 5. The Balaban J connectivity index is 2.76. The molecular formula is C10H14F3N3O2. The molecule has 0 saturated heterocycles. The lowest BCUT2D eigenvalue weighted by atomic mass is 10.2. The number of carboxylic acid groups (broad SMARTS) is 1. The maximum Gasteiger partial charge on any atom is 0.435 e. The number of carbonyl (C=O) groups is 1. The zero-order valence-electron chi connectivity index (χ0n) is 9.90. The van der Waals surface area contributed by atoms with E-state index in [9.17, 15) is 18.0 Å². The first-order valence-corrected chi connectivity index (χ1v) is 5.29. The minimum absolute atomic E-state index is 0.0938. The van der Waals surface area contributed by atoms with Gasteiger partial charge in [0, 0.05) is 12.2 Å². The third-order valence-corrected chi connectivity index (χ3v) is 2.13. The standard InChI is InChI=1S/C10H14F3N3O2/c1-6(2)14-7(9(17)18)5-16-4-3-8(15-16)10(11,12)13/h3-4,6-7,14H,5H2,1-2H3,(H,17,18). The van der Waals surface area contributed by atoms with Crippen LogP contribution in [0.1, 0.15) is 19.5 Å². The molecule has 5 nitrogen and oxygen atoms in total. The van der Waals surface area contributed by atoms with Crippen LogP contribution < -0.4 is 5.32 Å². The highest BCUT2D eigenvalue weighted by molar-refractivity contribution is 5.73. The second-order valence-electron chi connectivity index (χ2n) is 4.13. The molecule has 1 aromatic rings. The van der Waals surface area contributed by atoms with Gasteiger partial charge in [0.25, 0.3) is 0 Å². The van der Waals surface area contributed by atoms with Crippen LogP contribution in [-0.4, -0.2) is 32.9 Å². The number of nitrogens with zero attached hydrogens (tertiary/aromatic N) is 2. The summed E-state index contributed by atoms with van der Waals surface area (Å²) in [5, 5.41) is 15.0. The van der Waals surface area contributed by atoms with E-state index in [0.717, 1.165) is 16.9 Å². The fourth-order valence-corrected chi connectivity index (χ4v) is 1.41. The lowest BCUT2D eigenvalue weighted by molar-refractivity contribution is -0.141. The highest BCUT2D eigenvalue weighted by atomic mass is 19.4. The van der Waals surface area contributed by atoms with Gasteiger partial charge in [-0.2, -0.15) is 18.3 Å². The van der Waals surface area contributed by atoms with Crippen molar-refractivity contribution >= 4 is 5.97 Å². The molecule has 1 unspecified atom stereocenters. The molecular weight excluding hydrogens is 251 g/mol. The van der Waals surface area contributed by atoms with E-state index in [1.165, 1.54) is 0 Å². The maximum absolute atomic E-state index is 12.3. The van der Waals surface area contributed by atoms with Crippen LogP contribution in [0, 0.1) is 0 Å². The molecule has 2 N–H and O–H groups in total. The monoisotopic (exact) mass is 265 g/mol. The van der Waals surface area contributed by atoms with Crippen molar-refractivity contribution in [2.75, 3.05) is 0 Å². The third kappa shape index (κ3) is 4.02. The number of carboxylic acids is 1. The molecule has 0 bridgehead atoms. The molecule has 0 aliphatic carbocycles. The van der Waals surface area contributed by atoms with Gasteiger partial charge in [-0.05, 0) is 6.07 Å². The minimum atomic E-state index is -4.52. The highest BCUT2D eigenvalue weighted by Crippen LogP contribution is 2.27. The molecule has 18 heavy (non-hydrogen) atoms. The summed E-state index contributed by atoms with van der Waals surface area (Å²) in [4.78, 5) is 10.9. The molecule has 0 aromatic carbocycles. The Bertz CT molecular complexity index is 415. The summed E-state index contributed by atoms with van der Waals surface area (Å²) in [5.74, 6) is -1.13. The van der Waals surface area contributed by atoms with Gasteiger partial charge in [0.2, 0.25) is 0 Å². The predicted molar refractivity (Wildman–Crippen MR) is 56.9 cm³/mol. The molecule has 0 aliphatic heterocycles. The third-order valence-electron chi connectivity index (χ3n) is 2.13. The van der Waals surface area contributed by atoms with Crippen LogP contribution in [0.25, 0.3) is 0 Å².